The molecule has 1 heterocycles. The van der Waals surface area contributed by atoms with Gasteiger partial charge in [0.1, 0.15) is 11.4 Å². The summed E-state index contributed by atoms with van der Waals surface area (Å²) in [5, 5.41) is 15.1. The molecule has 0 amide bonds. The summed E-state index contributed by atoms with van der Waals surface area (Å²) in [5.74, 6) is -1.31. The summed E-state index contributed by atoms with van der Waals surface area (Å²) >= 11 is 1.26. The van der Waals surface area contributed by atoms with Crippen LogP contribution in [0, 0.1) is 0 Å². The lowest BCUT2D eigenvalue weighted by Crippen LogP contribution is -2.12. The molecule has 1 aromatic heterocycles. The summed E-state index contributed by atoms with van der Waals surface area (Å²) in [7, 11) is 1.74. The van der Waals surface area contributed by atoms with E-state index in [1.165, 1.54) is 11.3 Å². The van der Waals surface area contributed by atoms with Crippen molar-refractivity contribution < 1.29 is 19.4 Å². The Kier molecular flexibility index (Phi) is 6.14. The van der Waals surface area contributed by atoms with Crippen LogP contribution in [0.4, 0.5) is 10.8 Å². The van der Waals surface area contributed by atoms with Crippen molar-refractivity contribution in [2.24, 2.45) is 0 Å². The van der Waals surface area contributed by atoms with E-state index in [9.17, 15) is 9.59 Å². The van der Waals surface area contributed by atoms with Crippen molar-refractivity contribution in [2.75, 3.05) is 30.8 Å². The molecule has 1 aromatic carbocycles. The minimum atomic E-state index is -0.928. The smallest absolute Gasteiger partial charge is 0.350 e. The Labute approximate surface area is 143 Å². The first-order chi connectivity index (χ1) is 11.5. The van der Waals surface area contributed by atoms with E-state index in [2.05, 4.69) is 15.6 Å². The molecule has 0 saturated carbocycles. The molecule has 0 fully saturated rings. The molecule has 0 aliphatic carbocycles. The van der Waals surface area contributed by atoms with Crippen LogP contribution in [0.15, 0.2) is 24.3 Å². The van der Waals surface area contributed by atoms with Gasteiger partial charge in [0, 0.05) is 19.2 Å². The molecule has 0 atom stereocenters. The van der Waals surface area contributed by atoms with Gasteiger partial charge in [-0.05, 0) is 24.6 Å². The molecule has 0 unspecified atom stereocenters. The molecule has 0 radical (unpaired) electrons. The molecular weight excluding hydrogens is 330 g/mol. The van der Waals surface area contributed by atoms with E-state index in [0.717, 1.165) is 5.56 Å². The van der Waals surface area contributed by atoms with E-state index in [1.54, 1.807) is 20.0 Å². The highest BCUT2D eigenvalue weighted by Gasteiger charge is 2.19. The number of nitrogens with one attached hydrogen (secondary N) is 2. The Hall–Kier alpha value is -2.61. The molecule has 7 nitrogen and oxygen atoms in total. The normalized spacial score (nSPS) is 10.2. The zero-order valence-electron chi connectivity index (χ0n) is 13.5. The van der Waals surface area contributed by atoms with E-state index < -0.39 is 5.97 Å². The highest BCUT2D eigenvalue weighted by Crippen LogP contribution is 2.26. The Morgan fingerprint density at radius 1 is 1.38 bits per heavy atom. The van der Waals surface area contributed by atoms with E-state index in [-0.39, 0.29) is 12.5 Å². The Morgan fingerprint density at radius 2 is 2.17 bits per heavy atom. The van der Waals surface area contributed by atoms with Gasteiger partial charge in [0.2, 0.25) is 0 Å². The van der Waals surface area contributed by atoms with E-state index >= 15 is 0 Å². The number of nitrogens with zero attached hydrogens (tertiary/aromatic N) is 1. The Balaban J connectivity index is 2.21. The fraction of sp³-hybridized carbons (Fsp3) is 0.312. The number of rotatable bonds is 8. The molecular formula is C16H19N3O4S. The number of thiazole rings is 1. The third-order valence-electron chi connectivity index (χ3n) is 3.11. The van der Waals surface area contributed by atoms with Gasteiger partial charge in [-0.15, -0.1) is 0 Å². The molecule has 0 aliphatic rings. The average molecular weight is 349 g/mol. The van der Waals surface area contributed by atoms with Crippen molar-refractivity contribution in [3.63, 3.8) is 0 Å². The zero-order chi connectivity index (χ0) is 17.5. The van der Waals surface area contributed by atoms with Gasteiger partial charge in [0.25, 0.3) is 0 Å². The van der Waals surface area contributed by atoms with Crippen molar-refractivity contribution in [2.45, 2.75) is 13.3 Å². The molecule has 2 rings (SSSR count). The molecule has 0 aliphatic heterocycles. The second kappa shape index (κ2) is 8.30. The maximum atomic E-state index is 12.1. The minimum absolute atomic E-state index is 0.155. The van der Waals surface area contributed by atoms with Crippen LogP contribution in [0.3, 0.4) is 0 Å². The quantitative estimate of drug-likeness (QED) is 0.629. The lowest BCUT2D eigenvalue weighted by molar-refractivity contribution is -0.134. The van der Waals surface area contributed by atoms with Gasteiger partial charge in [-0.25, -0.2) is 9.78 Å². The minimum Gasteiger partial charge on any atom is -0.480 e. The number of ether oxygens (including phenoxy) is 1. The summed E-state index contributed by atoms with van der Waals surface area (Å²) in [5.41, 5.74) is 2.26. The van der Waals surface area contributed by atoms with Crippen LogP contribution in [-0.4, -0.2) is 42.2 Å². The van der Waals surface area contributed by atoms with Crippen LogP contribution in [0.5, 0.6) is 0 Å². The molecule has 0 spiro atoms. The second-order valence-electron chi connectivity index (χ2n) is 4.89. The second-order valence-corrected chi connectivity index (χ2v) is 5.89. The van der Waals surface area contributed by atoms with Gasteiger partial charge in [-0.1, -0.05) is 23.5 Å². The topological polar surface area (TPSA) is 101 Å². The lowest BCUT2D eigenvalue weighted by Gasteiger charge is -2.07. The number of hydrogen-bond donors (Lipinski definition) is 3. The largest absolute Gasteiger partial charge is 0.480 e. The van der Waals surface area contributed by atoms with Crippen molar-refractivity contribution in [1.29, 1.82) is 0 Å². The van der Waals surface area contributed by atoms with Gasteiger partial charge in [0.15, 0.2) is 5.13 Å². The van der Waals surface area contributed by atoms with Crippen molar-refractivity contribution >= 4 is 34.1 Å². The lowest BCUT2D eigenvalue weighted by atomic mass is 10.1. The number of carboxylic acids is 1. The van der Waals surface area contributed by atoms with Crippen LogP contribution in [-0.2, 0) is 16.0 Å². The number of carbonyl (C=O) groups excluding carboxylic acids is 1. The van der Waals surface area contributed by atoms with E-state index in [0.29, 0.717) is 34.4 Å². The standard InChI is InChI=1S/C16H19N3O4S/c1-3-23-15(22)14-12(19-16(17-2)24-14)8-10-5-4-6-11(7-10)18-9-13(20)21/h4-7,18H,3,8-9H2,1-2H3,(H,17,19)(H,20,21). The number of benzene rings is 1. The van der Waals surface area contributed by atoms with E-state index in [1.807, 2.05) is 18.2 Å². The van der Waals surface area contributed by atoms with Crippen molar-refractivity contribution in [1.82, 2.24) is 4.98 Å². The SMILES string of the molecule is CCOC(=O)c1sc(NC)nc1Cc1cccc(NCC(=O)O)c1. The third-order valence-corrected chi connectivity index (χ3v) is 4.21. The van der Waals surface area contributed by atoms with Crippen LogP contribution in [0.25, 0.3) is 0 Å². The first-order valence-electron chi connectivity index (χ1n) is 7.42. The van der Waals surface area contributed by atoms with Gasteiger partial charge >= 0.3 is 11.9 Å². The summed E-state index contributed by atoms with van der Waals surface area (Å²) in [6, 6.07) is 7.36. The number of carbonyl (C=O) groups is 2. The van der Waals surface area contributed by atoms with Crippen LogP contribution in [0.1, 0.15) is 27.9 Å². The fourth-order valence-corrected chi connectivity index (χ4v) is 2.93. The maximum absolute atomic E-state index is 12.1. The van der Waals surface area contributed by atoms with Gasteiger partial charge in [0.05, 0.1) is 12.3 Å². The third kappa shape index (κ3) is 4.69. The number of esters is 1. The number of carboxylic acid groups (broad SMARTS) is 1. The molecule has 8 heteroatoms. The average Bonchev–Trinajstić information content (AvgIpc) is 2.96. The molecule has 128 valence electrons. The molecule has 2 aromatic rings. The summed E-state index contributed by atoms with van der Waals surface area (Å²) in [6.07, 6.45) is 0.453. The van der Waals surface area contributed by atoms with Crippen LogP contribution < -0.4 is 10.6 Å². The molecule has 0 saturated heterocycles. The molecule has 3 N–H and O–H groups in total. The number of aliphatic carboxylic acids is 1. The first kappa shape index (κ1) is 17.7. The Bertz CT molecular complexity index is 730. The predicted molar refractivity (Wildman–Crippen MR) is 93.0 cm³/mol. The van der Waals surface area contributed by atoms with E-state index in [4.69, 9.17) is 9.84 Å². The van der Waals surface area contributed by atoms with Gasteiger partial charge in [-0.3, -0.25) is 4.79 Å². The first-order valence-corrected chi connectivity index (χ1v) is 8.24. The fourth-order valence-electron chi connectivity index (χ4n) is 2.10. The number of anilines is 2. The van der Waals surface area contributed by atoms with Crippen LogP contribution >= 0.6 is 11.3 Å². The summed E-state index contributed by atoms with van der Waals surface area (Å²) in [6.45, 7) is 1.91. The molecule has 24 heavy (non-hydrogen) atoms. The summed E-state index contributed by atoms with van der Waals surface area (Å²) in [4.78, 5) is 27.6. The Morgan fingerprint density at radius 3 is 2.83 bits per heavy atom. The predicted octanol–water partition coefficient (Wildman–Crippen LogP) is 2.45. The monoisotopic (exact) mass is 349 g/mol. The maximum Gasteiger partial charge on any atom is 0.350 e. The van der Waals surface area contributed by atoms with Crippen LogP contribution in [0.2, 0.25) is 0 Å². The molecule has 0 bridgehead atoms. The summed E-state index contributed by atoms with van der Waals surface area (Å²) < 4.78 is 5.08. The highest BCUT2D eigenvalue weighted by atomic mass is 32.1. The highest BCUT2D eigenvalue weighted by molar-refractivity contribution is 7.17. The zero-order valence-corrected chi connectivity index (χ0v) is 14.3. The van der Waals surface area contributed by atoms with Gasteiger partial charge < -0.3 is 20.5 Å². The number of hydrogen-bond acceptors (Lipinski definition) is 7. The van der Waals surface area contributed by atoms with Gasteiger partial charge in [-0.2, -0.15) is 0 Å². The number of aromatic nitrogens is 1. The van der Waals surface area contributed by atoms with Crippen molar-refractivity contribution in [3.05, 3.63) is 40.4 Å². The van der Waals surface area contributed by atoms with Crippen molar-refractivity contribution in [3.8, 4) is 0 Å².